The predicted molar refractivity (Wildman–Crippen MR) is 44.8 cm³/mol. The number of H-pyrrole nitrogens is 1. The second kappa shape index (κ2) is 3.52. The number of aromatic nitrogens is 1. The van der Waals surface area contributed by atoms with Crippen LogP contribution in [-0.4, -0.2) is 24.5 Å². The van der Waals surface area contributed by atoms with Crippen molar-refractivity contribution in [2.75, 3.05) is 24.4 Å². The van der Waals surface area contributed by atoms with E-state index in [4.69, 9.17) is 11.6 Å². The average molecular weight is 159 g/mol. The Morgan fingerprint density at radius 3 is 3.00 bits per heavy atom. The van der Waals surface area contributed by atoms with Crippen LogP contribution < -0.4 is 4.90 Å². The summed E-state index contributed by atoms with van der Waals surface area (Å²) in [5.41, 5.74) is 0. The van der Waals surface area contributed by atoms with Gasteiger partial charge in [-0.25, -0.2) is 0 Å². The maximum Gasteiger partial charge on any atom is 0.105 e. The molecule has 0 saturated carbocycles. The molecule has 0 aromatic carbocycles. The Balaban J connectivity index is 2.50. The molecular formula is C7H11ClN2. The van der Waals surface area contributed by atoms with Crippen molar-refractivity contribution in [3.8, 4) is 0 Å². The maximum absolute atomic E-state index is 5.56. The fraction of sp³-hybridized carbons (Fsp3) is 0.429. The largest absolute Gasteiger partial charge is 0.360 e. The van der Waals surface area contributed by atoms with Crippen molar-refractivity contribution >= 4 is 17.4 Å². The van der Waals surface area contributed by atoms with Crippen LogP contribution in [0.2, 0.25) is 0 Å². The molecule has 1 rings (SSSR count). The van der Waals surface area contributed by atoms with Gasteiger partial charge in [-0.15, -0.1) is 11.6 Å². The van der Waals surface area contributed by atoms with Gasteiger partial charge in [-0.2, -0.15) is 0 Å². The van der Waals surface area contributed by atoms with Crippen molar-refractivity contribution < 1.29 is 0 Å². The molecule has 3 heteroatoms. The van der Waals surface area contributed by atoms with Gasteiger partial charge in [0.25, 0.3) is 0 Å². The van der Waals surface area contributed by atoms with E-state index in [0.29, 0.717) is 5.88 Å². The van der Waals surface area contributed by atoms with Crippen molar-refractivity contribution in [1.82, 2.24) is 4.98 Å². The highest BCUT2D eigenvalue weighted by atomic mass is 35.5. The van der Waals surface area contributed by atoms with E-state index in [1.54, 1.807) is 0 Å². The summed E-state index contributed by atoms with van der Waals surface area (Å²) >= 11 is 5.56. The highest BCUT2D eigenvalue weighted by Gasteiger charge is 1.97. The first kappa shape index (κ1) is 7.48. The molecule has 2 nitrogen and oxygen atoms in total. The molecule has 0 aliphatic heterocycles. The van der Waals surface area contributed by atoms with Gasteiger partial charge in [0, 0.05) is 25.7 Å². The zero-order valence-corrected chi connectivity index (χ0v) is 6.73. The summed E-state index contributed by atoms with van der Waals surface area (Å²) in [5, 5.41) is 0. The molecule has 56 valence electrons. The molecule has 0 bridgehead atoms. The number of nitrogens with zero attached hydrogens (tertiary/aromatic N) is 1. The highest BCUT2D eigenvalue weighted by Crippen LogP contribution is 2.06. The van der Waals surface area contributed by atoms with Crippen LogP contribution in [0.4, 0.5) is 5.82 Å². The minimum atomic E-state index is 0.662. The van der Waals surface area contributed by atoms with E-state index in [0.717, 1.165) is 12.4 Å². The Morgan fingerprint density at radius 2 is 2.50 bits per heavy atom. The molecule has 0 atom stereocenters. The van der Waals surface area contributed by atoms with Crippen molar-refractivity contribution in [2.45, 2.75) is 0 Å². The van der Waals surface area contributed by atoms with Gasteiger partial charge in [0.2, 0.25) is 0 Å². The van der Waals surface area contributed by atoms with Gasteiger partial charge < -0.3 is 9.88 Å². The third kappa shape index (κ3) is 1.67. The van der Waals surface area contributed by atoms with Crippen LogP contribution in [0.3, 0.4) is 0 Å². The number of anilines is 1. The summed E-state index contributed by atoms with van der Waals surface area (Å²) in [6, 6.07) is 3.99. The monoisotopic (exact) mass is 158 g/mol. The van der Waals surface area contributed by atoms with Crippen LogP contribution in [0.1, 0.15) is 0 Å². The number of nitrogens with one attached hydrogen (secondary N) is 1. The van der Waals surface area contributed by atoms with Crippen LogP contribution in [0.15, 0.2) is 18.3 Å². The van der Waals surface area contributed by atoms with E-state index >= 15 is 0 Å². The molecular weight excluding hydrogens is 148 g/mol. The smallest absolute Gasteiger partial charge is 0.105 e. The Labute approximate surface area is 65.8 Å². The normalized spacial score (nSPS) is 9.80. The summed E-state index contributed by atoms with van der Waals surface area (Å²) in [6.07, 6.45) is 1.90. The van der Waals surface area contributed by atoms with Crippen molar-refractivity contribution in [3.63, 3.8) is 0 Å². The third-order valence-electron chi connectivity index (χ3n) is 1.41. The van der Waals surface area contributed by atoms with Gasteiger partial charge in [-0.1, -0.05) is 0 Å². The van der Waals surface area contributed by atoms with E-state index in [1.807, 2.05) is 25.4 Å². The number of hydrogen-bond donors (Lipinski definition) is 1. The molecule has 1 aromatic heterocycles. The lowest BCUT2D eigenvalue weighted by Gasteiger charge is -2.14. The fourth-order valence-electron chi connectivity index (χ4n) is 0.806. The number of halogens is 1. The van der Waals surface area contributed by atoms with Gasteiger partial charge in [0.1, 0.15) is 5.82 Å². The Morgan fingerprint density at radius 1 is 1.70 bits per heavy atom. The summed E-state index contributed by atoms with van der Waals surface area (Å²) in [6.45, 7) is 0.877. The van der Waals surface area contributed by atoms with Gasteiger partial charge in [-0.05, 0) is 12.1 Å². The van der Waals surface area contributed by atoms with Gasteiger partial charge in [-0.3, -0.25) is 0 Å². The van der Waals surface area contributed by atoms with Crippen LogP contribution in [0, 0.1) is 0 Å². The number of alkyl halides is 1. The average Bonchev–Trinajstić information content (AvgIpc) is 2.38. The van der Waals surface area contributed by atoms with E-state index in [2.05, 4.69) is 9.88 Å². The molecule has 10 heavy (non-hydrogen) atoms. The maximum atomic E-state index is 5.56. The number of aromatic amines is 1. The van der Waals surface area contributed by atoms with Gasteiger partial charge in [0.05, 0.1) is 0 Å². The SMILES string of the molecule is CN(CCCl)c1ccc[nH]1. The minimum absolute atomic E-state index is 0.662. The Bertz CT molecular complexity index is 172. The summed E-state index contributed by atoms with van der Waals surface area (Å²) in [7, 11) is 2.01. The lowest BCUT2D eigenvalue weighted by atomic mass is 10.5. The summed E-state index contributed by atoms with van der Waals surface area (Å²) in [5.74, 6) is 1.77. The molecule has 0 amide bonds. The molecule has 0 saturated heterocycles. The Kier molecular flexibility index (Phi) is 2.63. The summed E-state index contributed by atoms with van der Waals surface area (Å²) < 4.78 is 0. The zero-order chi connectivity index (χ0) is 7.40. The van der Waals surface area contributed by atoms with Crippen molar-refractivity contribution in [1.29, 1.82) is 0 Å². The molecule has 0 radical (unpaired) electrons. The number of rotatable bonds is 3. The fourth-order valence-corrected chi connectivity index (χ4v) is 1.06. The zero-order valence-electron chi connectivity index (χ0n) is 5.97. The van der Waals surface area contributed by atoms with Gasteiger partial charge in [0.15, 0.2) is 0 Å². The first-order valence-electron chi connectivity index (χ1n) is 3.25. The predicted octanol–water partition coefficient (Wildman–Crippen LogP) is 1.69. The molecule has 1 heterocycles. The van der Waals surface area contributed by atoms with Crippen LogP contribution in [-0.2, 0) is 0 Å². The molecule has 0 spiro atoms. The summed E-state index contributed by atoms with van der Waals surface area (Å²) in [4.78, 5) is 5.17. The van der Waals surface area contributed by atoms with E-state index < -0.39 is 0 Å². The standard InChI is InChI=1S/C7H11ClN2/c1-10(6-4-8)7-3-2-5-9-7/h2-3,5,9H,4,6H2,1H3. The second-order valence-electron chi connectivity index (χ2n) is 2.17. The van der Waals surface area contributed by atoms with Crippen LogP contribution >= 0.6 is 11.6 Å². The van der Waals surface area contributed by atoms with E-state index in [9.17, 15) is 0 Å². The van der Waals surface area contributed by atoms with Crippen molar-refractivity contribution in [3.05, 3.63) is 18.3 Å². The quantitative estimate of drug-likeness (QED) is 0.664. The first-order valence-corrected chi connectivity index (χ1v) is 3.78. The van der Waals surface area contributed by atoms with Gasteiger partial charge >= 0.3 is 0 Å². The van der Waals surface area contributed by atoms with E-state index in [1.165, 1.54) is 0 Å². The minimum Gasteiger partial charge on any atom is -0.360 e. The lowest BCUT2D eigenvalue weighted by molar-refractivity contribution is 0.951. The topological polar surface area (TPSA) is 19.0 Å². The number of hydrogen-bond acceptors (Lipinski definition) is 1. The highest BCUT2D eigenvalue weighted by molar-refractivity contribution is 6.18. The first-order chi connectivity index (χ1) is 4.84. The molecule has 0 aliphatic rings. The molecule has 1 aromatic rings. The lowest BCUT2D eigenvalue weighted by Crippen LogP contribution is -2.19. The molecule has 0 unspecified atom stereocenters. The Hall–Kier alpha value is -0.630. The van der Waals surface area contributed by atoms with E-state index in [-0.39, 0.29) is 0 Å². The van der Waals surface area contributed by atoms with Crippen LogP contribution in [0.5, 0.6) is 0 Å². The third-order valence-corrected chi connectivity index (χ3v) is 1.58. The van der Waals surface area contributed by atoms with Crippen LogP contribution in [0.25, 0.3) is 0 Å². The molecule has 1 N–H and O–H groups in total. The van der Waals surface area contributed by atoms with Crippen molar-refractivity contribution in [2.24, 2.45) is 0 Å². The molecule has 0 fully saturated rings. The molecule has 0 aliphatic carbocycles. The second-order valence-corrected chi connectivity index (χ2v) is 2.54.